The van der Waals surface area contributed by atoms with Gasteiger partial charge in [-0.15, -0.1) is 0 Å². The largest absolute Gasteiger partial charge is 0.501 e. The van der Waals surface area contributed by atoms with Crippen LogP contribution >= 0.6 is 0 Å². The Kier molecular flexibility index (Phi) is 7.32. The molecule has 0 saturated heterocycles. The molecule has 0 atom stereocenters. The molecular weight excluding hydrogens is 324 g/mol. The summed E-state index contributed by atoms with van der Waals surface area (Å²) >= 11 is 0. The van der Waals surface area contributed by atoms with Crippen molar-refractivity contribution in [3.63, 3.8) is 0 Å². The van der Waals surface area contributed by atoms with E-state index in [1.807, 2.05) is 0 Å². The number of esters is 2. The van der Waals surface area contributed by atoms with E-state index in [1.165, 1.54) is 20.1 Å². The van der Waals surface area contributed by atoms with Crippen LogP contribution in [-0.2, 0) is 28.5 Å². The molecular formula is C19H24O6. The number of cyclic esters (lactones) is 1. The van der Waals surface area contributed by atoms with Crippen molar-refractivity contribution in [2.24, 2.45) is 0 Å². The fraction of sp³-hybridized carbons (Fsp3) is 0.474. The zero-order valence-electron chi connectivity index (χ0n) is 14.7. The minimum atomic E-state index is -0.570. The molecule has 1 aliphatic heterocycles. The van der Waals surface area contributed by atoms with Crippen molar-refractivity contribution in [1.82, 2.24) is 0 Å². The zero-order chi connectivity index (χ0) is 18.1. The highest BCUT2D eigenvalue weighted by Crippen LogP contribution is 2.27. The molecule has 0 saturated carbocycles. The quantitative estimate of drug-likeness (QED) is 0.563. The molecule has 0 amide bonds. The van der Waals surface area contributed by atoms with Crippen molar-refractivity contribution in [3.8, 4) is 0 Å². The fourth-order valence-corrected chi connectivity index (χ4v) is 2.46. The number of allylic oxidation sites excluding steroid dienone is 4. The normalized spacial score (nSPS) is 20.8. The van der Waals surface area contributed by atoms with Crippen LogP contribution in [0.3, 0.4) is 0 Å². The van der Waals surface area contributed by atoms with Crippen LogP contribution in [0.15, 0.2) is 47.2 Å². The molecule has 0 radical (unpaired) electrons. The average Bonchev–Trinajstić information content (AvgIpc) is 2.73. The first-order chi connectivity index (χ1) is 12.1. The molecule has 0 aromatic carbocycles. The second-order valence-electron chi connectivity index (χ2n) is 5.66. The topological polar surface area (TPSA) is 71.1 Å². The first-order valence-electron chi connectivity index (χ1n) is 8.44. The number of carbonyl (C=O) groups is 2. The molecule has 2 aliphatic rings. The summed E-state index contributed by atoms with van der Waals surface area (Å²) in [5.41, 5.74) is 0.120. The third-order valence-electron chi connectivity index (χ3n) is 3.68. The summed E-state index contributed by atoms with van der Waals surface area (Å²) in [5, 5.41) is 0. The van der Waals surface area contributed by atoms with Crippen molar-refractivity contribution < 1.29 is 28.5 Å². The van der Waals surface area contributed by atoms with Gasteiger partial charge in [-0.2, -0.15) is 0 Å². The SMILES string of the molecule is COC1=CC(OC(C)=O)=C2C(=O)OCCC/C=C/CCCOC2=CC1. The van der Waals surface area contributed by atoms with Crippen LogP contribution < -0.4 is 0 Å². The summed E-state index contributed by atoms with van der Waals surface area (Å²) in [6.45, 7) is 2.01. The third-order valence-corrected chi connectivity index (χ3v) is 3.68. The Hall–Kier alpha value is -2.50. The van der Waals surface area contributed by atoms with Gasteiger partial charge in [0, 0.05) is 19.4 Å². The maximum atomic E-state index is 12.6. The molecule has 1 aliphatic carbocycles. The van der Waals surface area contributed by atoms with Gasteiger partial charge < -0.3 is 18.9 Å². The number of hydrogen-bond acceptors (Lipinski definition) is 6. The number of carbonyl (C=O) groups excluding carboxylic acids is 2. The molecule has 6 nitrogen and oxygen atoms in total. The van der Waals surface area contributed by atoms with E-state index in [9.17, 15) is 9.59 Å². The van der Waals surface area contributed by atoms with Crippen molar-refractivity contribution in [3.05, 3.63) is 47.2 Å². The third kappa shape index (κ3) is 5.81. The first-order valence-corrected chi connectivity index (χ1v) is 8.44. The van der Waals surface area contributed by atoms with Crippen LogP contribution in [0.2, 0.25) is 0 Å². The van der Waals surface area contributed by atoms with Crippen molar-refractivity contribution in [2.75, 3.05) is 20.3 Å². The standard InChI is InChI=1S/C19H24O6/c1-14(20)25-17-13-15(22-2)9-10-16-18(17)19(21)24-12-8-6-4-3-5-7-11-23-16/h3-4,10,13H,5-9,11-12H2,1-2H3/b4-3+. The fourth-order valence-electron chi connectivity index (χ4n) is 2.46. The van der Waals surface area contributed by atoms with Gasteiger partial charge in [-0.3, -0.25) is 4.79 Å². The Bertz CT molecular complexity index is 624. The summed E-state index contributed by atoms with van der Waals surface area (Å²) in [7, 11) is 1.52. The molecule has 0 unspecified atom stereocenters. The Balaban J connectivity index is 2.39. The van der Waals surface area contributed by atoms with Crippen LogP contribution in [0, 0.1) is 0 Å². The average molecular weight is 348 g/mol. The van der Waals surface area contributed by atoms with Crippen LogP contribution in [0.5, 0.6) is 0 Å². The minimum absolute atomic E-state index is 0.0890. The molecule has 2 rings (SSSR count). The predicted molar refractivity (Wildman–Crippen MR) is 91.1 cm³/mol. The maximum Gasteiger partial charge on any atom is 0.345 e. The van der Waals surface area contributed by atoms with E-state index in [-0.39, 0.29) is 17.9 Å². The molecule has 6 heteroatoms. The Labute approximate surface area is 147 Å². The summed E-state index contributed by atoms with van der Waals surface area (Å²) < 4.78 is 21.7. The van der Waals surface area contributed by atoms with Gasteiger partial charge in [0.05, 0.1) is 20.3 Å². The summed E-state index contributed by atoms with van der Waals surface area (Å²) in [6.07, 6.45) is 11.2. The highest BCUT2D eigenvalue weighted by molar-refractivity contribution is 5.94. The lowest BCUT2D eigenvalue weighted by Gasteiger charge is -2.15. The van der Waals surface area contributed by atoms with Crippen molar-refractivity contribution >= 4 is 11.9 Å². The number of hydrogen-bond donors (Lipinski definition) is 0. The van der Waals surface area contributed by atoms with E-state index in [0.717, 1.165) is 25.7 Å². The first kappa shape index (κ1) is 18.8. The van der Waals surface area contributed by atoms with E-state index in [1.54, 1.807) is 6.08 Å². The van der Waals surface area contributed by atoms with Gasteiger partial charge in [-0.05, 0) is 31.8 Å². The number of ether oxygens (including phenoxy) is 4. The molecule has 1 heterocycles. The molecule has 0 spiro atoms. The van der Waals surface area contributed by atoms with Crippen LogP contribution in [0.1, 0.15) is 39.0 Å². The van der Waals surface area contributed by atoms with E-state index in [2.05, 4.69) is 12.2 Å². The Morgan fingerprint density at radius 1 is 1.12 bits per heavy atom. The van der Waals surface area contributed by atoms with E-state index in [4.69, 9.17) is 18.9 Å². The second-order valence-corrected chi connectivity index (χ2v) is 5.66. The van der Waals surface area contributed by atoms with Gasteiger partial charge in [0.1, 0.15) is 17.1 Å². The van der Waals surface area contributed by atoms with Crippen molar-refractivity contribution in [2.45, 2.75) is 39.0 Å². The monoisotopic (exact) mass is 348 g/mol. The van der Waals surface area contributed by atoms with Crippen LogP contribution in [-0.4, -0.2) is 32.3 Å². The summed E-state index contributed by atoms with van der Waals surface area (Å²) in [4.78, 5) is 24.1. The lowest BCUT2D eigenvalue weighted by atomic mass is 10.1. The predicted octanol–water partition coefficient (Wildman–Crippen LogP) is 3.31. The van der Waals surface area contributed by atoms with Crippen LogP contribution in [0.25, 0.3) is 0 Å². The van der Waals surface area contributed by atoms with Gasteiger partial charge in [-0.1, -0.05) is 12.2 Å². The van der Waals surface area contributed by atoms with Gasteiger partial charge in [0.2, 0.25) is 0 Å². The minimum Gasteiger partial charge on any atom is -0.501 e. The smallest absolute Gasteiger partial charge is 0.345 e. The van der Waals surface area contributed by atoms with E-state index in [0.29, 0.717) is 24.5 Å². The molecule has 0 bridgehead atoms. The van der Waals surface area contributed by atoms with Gasteiger partial charge in [0.25, 0.3) is 0 Å². The van der Waals surface area contributed by atoms with Gasteiger partial charge in [0.15, 0.2) is 5.76 Å². The molecule has 0 aromatic rings. The lowest BCUT2D eigenvalue weighted by molar-refractivity contribution is -0.140. The van der Waals surface area contributed by atoms with Gasteiger partial charge in [-0.25, -0.2) is 4.79 Å². The molecule has 0 aromatic heterocycles. The highest BCUT2D eigenvalue weighted by Gasteiger charge is 2.27. The van der Waals surface area contributed by atoms with Gasteiger partial charge >= 0.3 is 11.9 Å². The van der Waals surface area contributed by atoms with E-state index < -0.39 is 11.9 Å². The van der Waals surface area contributed by atoms with Crippen LogP contribution in [0.4, 0.5) is 0 Å². The summed E-state index contributed by atoms with van der Waals surface area (Å²) in [6, 6.07) is 0. The Morgan fingerprint density at radius 2 is 1.80 bits per heavy atom. The highest BCUT2D eigenvalue weighted by atomic mass is 16.6. The molecule has 25 heavy (non-hydrogen) atoms. The Morgan fingerprint density at radius 3 is 2.44 bits per heavy atom. The zero-order valence-corrected chi connectivity index (χ0v) is 14.7. The van der Waals surface area contributed by atoms with E-state index >= 15 is 0 Å². The number of methoxy groups -OCH3 is 1. The summed E-state index contributed by atoms with van der Waals surface area (Å²) in [5.74, 6) is -0.0993. The number of fused-ring (bicyclic) bond motifs is 1. The second kappa shape index (κ2) is 9.71. The molecule has 0 N–H and O–H groups in total. The lowest BCUT2D eigenvalue weighted by Crippen LogP contribution is -2.16. The molecule has 136 valence electrons. The van der Waals surface area contributed by atoms with Crippen molar-refractivity contribution in [1.29, 1.82) is 0 Å². The number of rotatable bonds is 2. The molecule has 0 fully saturated rings. The maximum absolute atomic E-state index is 12.6.